The van der Waals surface area contributed by atoms with Crippen molar-refractivity contribution in [2.45, 2.75) is 13.0 Å². The van der Waals surface area contributed by atoms with Gasteiger partial charge >= 0.3 is 0 Å². The van der Waals surface area contributed by atoms with Crippen LogP contribution >= 0.6 is 0 Å². The molecule has 1 unspecified atom stereocenters. The summed E-state index contributed by atoms with van der Waals surface area (Å²) < 4.78 is 0. The summed E-state index contributed by atoms with van der Waals surface area (Å²) in [4.78, 5) is 26.5. The molecule has 1 atom stereocenters. The lowest BCUT2D eigenvalue weighted by atomic mass is 10.0. The van der Waals surface area contributed by atoms with E-state index in [1.807, 2.05) is 43.4 Å². The Labute approximate surface area is 129 Å². The molecule has 0 N–H and O–H groups in total. The van der Waals surface area contributed by atoms with E-state index in [0.29, 0.717) is 11.4 Å². The molecule has 0 fully saturated rings. The van der Waals surface area contributed by atoms with Crippen molar-refractivity contribution in [3.05, 3.63) is 60.2 Å². The SMILES string of the molecule is CC(=O)C1=CN=[C]N(C)C1c1nccc(-c2ccccc2)n1. The van der Waals surface area contributed by atoms with Crippen molar-refractivity contribution >= 4 is 12.1 Å². The zero-order valence-corrected chi connectivity index (χ0v) is 12.4. The number of aromatic nitrogens is 2. The second kappa shape index (κ2) is 5.89. The fraction of sp³-hybridized carbons (Fsp3) is 0.176. The molecule has 1 aliphatic rings. The summed E-state index contributed by atoms with van der Waals surface area (Å²) in [7, 11) is 1.81. The molecule has 5 heteroatoms. The number of aliphatic imine (C=N–C) groups is 1. The maximum Gasteiger partial charge on any atom is 0.172 e. The molecule has 1 aliphatic heterocycles. The second-order valence-corrected chi connectivity index (χ2v) is 5.05. The lowest BCUT2D eigenvalue weighted by Crippen LogP contribution is -2.30. The topological polar surface area (TPSA) is 58.5 Å². The molecule has 0 saturated carbocycles. The molecule has 0 bridgehead atoms. The zero-order chi connectivity index (χ0) is 15.5. The number of nitrogens with zero attached hydrogens (tertiary/aromatic N) is 4. The molecule has 5 nitrogen and oxygen atoms in total. The predicted molar refractivity (Wildman–Crippen MR) is 84.2 cm³/mol. The van der Waals surface area contributed by atoms with E-state index in [-0.39, 0.29) is 11.8 Å². The summed E-state index contributed by atoms with van der Waals surface area (Å²) in [6.45, 7) is 1.52. The van der Waals surface area contributed by atoms with Crippen LogP contribution in [0.4, 0.5) is 0 Å². The number of carbonyl (C=O) groups is 1. The molecule has 1 aromatic heterocycles. The van der Waals surface area contributed by atoms with Gasteiger partial charge in [-0.1, -0.05) is 30.3 Å². The van der Waals surface area contributed by atoms with Crippen LogP contribution in [0.15, 0.2) is 59.4 Å². The summed E-state index contributed by atoms with van der Waals surface area (Å²) in [5.74, 6) is 0.517. The number of hydrogen-bond acceptors (Lipinski definition) is 5. The monoisotopic (exact) mass is 291 g/mol. The number of rotatable bonds is 3. The Morgan fingerprint density at radius 3 is 2.73 bits per heavy atom. The van der Waals surface area contributed by atoms with E-state index in [9.17, 15) is 4.79 Å². The van der Waals surface area contributed by atoms with Gasteiger partial charge in [-0.25, -0.2) is 15.0 Å². The molecule has 2 heterocycles. The van der Waals surface area contributed by atoms with Crippen LogP contribution in [-0.2, 0) is 4.79 Å². The van der Waals surface area contributed by atoms with Gasteiger partial charge in [0.25, 0.3) is 0 Å². The van der Waals surface area contributed by atoms with Crippen molar-refractivity contribution < 1.29 is 4.79 Å². The minimum atomic E-state index is -0.362. The van der Waals surface area contributed by atoms with E-state index >= 15 is 0 Å². The molecule has 0 amide bonds. The first-order chi connectivity index (χ1) is 10.7. The highest BCUT2D eigenvalue weighted by atomic mass is 16.1. The third-order valence-electron chi connectivity index (χ3n) is 3.50. The van der Waals surface area contributed by atoms with Gasteiger partial charge in [-0.15, -0.1) is 0 Å². The number of benzene rings is 1. The molecule has 1 radical (unpaired) electrons. The first kappa shape index (κ1) is 14.1. The Bertz CT molecular complexity index is 752. The van der Waals surface area contributed by atoms with Gasteiger partial charge in [0.1, 0.15) is 6.04 Å². The first-order valence-corrected chi connectivity index (χ1v) is 6.94. The summed E-state index contributed by atoms with van der Waals surface area (Å²) in [5, 5.41) is 0. The van der Waals surface area contributed by atoms with Crippen LogP contribution in [-0.4, -0.2) is 34.0 Å². The average molecular weight is 291 g/mol. The van der Waals surface area contributed by atoms with E-state index in [4.69, 9.17) is 0 Å². The van der Waals surface area contributed by atoms with Gasteiger partial charge in [0, 0.05) is 30.6 Å². The van der Waals surface area contributed by atoms with Crippen LogP contribution in [0, 0.1) is 0 Å². The second-order valence-electron chi connectivity index (χ2n) is 5.05. The Balaban J connectivity index is 2.03. The summed E-state index contributed by atoms with van der Waals surface area (Å²) in [6, 6.07) is 11.4. The van der Waals surface area contributed by atoms with E-state index in [0.717, 1.165) is 11.3 Å². The number of Topliss-reactive ketones (excluding diaryl/α,β-unsaturated/α-hetero) is 1. The molecule has 1 aromatic carbocycles. The van der Waals surface area contributed by atoms with Gasteiger partial charge in [-0.3, -0.25) is 4.79 Å². The smallest absolute Gasteiger partial charge is 0.172 e. The van der Waals surface area contributed by atoms with E-state index in [1.165, 1.54) is 13.1 Å². The Hall–Kier alpha value is -2.82. The zero-order valence-electron chi connectivity index (χ0n) is 12.4. The van der Waals surface area contributed by atoms with Gasteiger partial charge in [0.05, 0.1) is 5.69 Å². The molecule has 2 aromatic rings. The van der Waals surface area contributed by atoms with E-state index in [1.54, 1.807) is 11.1 Å². The number of likely N-dealkylation sites (N-methyl/N-ethyl adjacent to an activating group) is 1. The third kappa shape index (κ3) is 2.65. The largest absolute Gasteiger partial charge is 0.342 e. The predicted octanol–water partition coefficient (Wildman–Crippen LogP) is 2.51. The fourth-order valence-electron chi connectivity index (χ4n) is 2.40. The Morgan fingerprint density at radius 1 is 1.23 bits per heavy atom. The summed E-state index contributed by atoms with van der Waals surface area (Å²) in [6.07, 6.45) is 6.07. The molecular weight excluding hydrogens is 276 g/mol. The van der Waals surface area contributed by atoms with Gasteiger partial charge in [0.15, 0.2) is 17.9 Å². The van der Waals surface area contributed by atoms with Crippen molar-refractivity contribution in [2.75, 3.05) is 7.05 Å². The molecule has 3 rings (SSSR count). The first-order valence-electron chi connectivity index (χ1n) is 6.94. The molecule has 0 aliphatic carbocycles. The molecule has 0 spiro atoms. The lowest BCUT2D eigenvalue weighted by molar-refractivity contribution is -0.114. The molecule has 0 saturated heterocycles. The highest BCUT2D eigenvalue weighted by molar-refractivity contribution is 5.95. The maximum absolute atomic E-state index is 11.8. The maximum atomic E-state index is 11.8. The van der Waals surface area contributed by atoms with Crippen molar-refractivity contribution in [1.29, 1.82) is 0 Å². The lowest BCUT2D eigenvalue weighted by Gasteiger charge is -2.27. The van der Waals surface area contributed by atoms with Crippen LogP contribution in [0.1, 0.15) is 18.8 Å². The van der Waals surface area contributed by atoms with Crippen LogP contribution in [0.5, 0.6) is 0 Å². The van der Waals surface area contributed by atoms with Crippen molar-refractivity contribution in [2.24, 2.45) is 4.99 Å². The van der Waals surface area contributed by atoms with Crippen molar-refractivity contribution in [1.82, 2.24) is 14.9 Å². The average Bonchev–Trinajstić information content (AvgIpc) is 2.55. The van der Waals surface area contributed by atoms with E-state index in [2.05, 4.69) is 21.3 Å². The van der Waals surface area contributed by atoms with Crippen molar-refractivity contribution in [3.8, 4) is 11.3 Å². The van der Waals surface area contributed by atoms with Crippen LogP contribution in [0.2, 0.25) is 0 Å². The van der Waals surface area contributed by atoms with Gasteiger partial charge in [0.2, 0.25) is 0 Å². The van der Waals surface area contributed by atoms with E-state index < -0.39 is 0 Å². The van der Waals surface area contributed by atoms with Gasteiger partial charge in [-0.05, 0) is 13.0 Å². The standard InChI is InChI=1S/C17H15N4O/c1-12(22)14-10-18-11-21(2)16(14)17-19-9-8-15(20-17)13-6-4-3-5-7-13/h3-10,16H,1-2H3. The molecule has 22 heavy (non-hydrogen) atoms. The van der Waals surface area contributed by atoms with Crippen LogP contribution < -0.4 is 0 Å². The highest BCUT2D eigenvalue weighted by Gasteiger charge is 2.28. The molecular formula is C17H15N4O. The number of ketones is 1. The Morgan fingerprint density at radius 2 is 2.00 bits per heavy atom. The van der Waals surface area contributed by atoms with Crippen molar-refractivity contribution in [3.63, 3.8) is 0 Å². The van der Waals surface area contributed by atoms with Crippen LogP contribution in [0.25, 0.3) is 11.3 Å². The number of hydrogen-bond donors (Lipinski definition) is 0. The summed E-state index contributed by atoms with van der Waals surface area (Å²) in [5.41, 5.74) is 2.39. The number of carbonyl (C=O) groups excluding carboxylic acids is 1. The minimum Gasteiger partial charge on any atom is -0.342 e. The fourth-order valence-corrected chi connectivity index (χ4v) is 2.40. The quantitative estimate of drug-likeness (QED) is 0.872. The highest BCUT2D eigenvalue weighted by Crippen LogP contribution is 2.28. The van der Waals surface area contributed by atoms with Gasteiger partial charge in [-0.2, -0.15) is 0 Å². The molecule has 109 valence electrons. The third-order valence-corrected chi connectivity index (χ3v) is 3.50. The van der Waals surface area contributed by atoms with Crippen LogP contribution in [0.3, 0.4) is 0 Å². The summed E-state index contributed by atoms with van der Waals surface area (Å²) >= 11 is 0. The normalized spacial score (nSPS) is 17.3. The minimum absolute atomic E-state index is 0.0455. The Kier molecular flexibility index (Phi) is 3.78. The van der Waals surface area contributed by atoms with Gasteiger partial charge < -0.3 is 4.90 Å².